The highest BCUT2D eigenvalue weighted by atomic mass is 16.6. The van der Waals surface area contributed by atoms with Crippen molar-refractivity contribution in [2.75, 3.05) is 20.2 Å². The van der Waals surface area contributed by atoms with E-state index < -0.39 is 35.7 Å². The van der Waals surface area contributed by atoms with E-state index in [1.165, 1.54) is 7.11 Å². The van der Waals surface area contributed by atoms with Crippen LogP contribution in [-0.2, 0) is 41.5 Å². The number of hydrogen-bond donors (Lipinski definition) is 4. The maximum Gasteiger partial charge on any atom is 0.408 e. The van der Waals surface area contributed by atoms with Crippen molar-refractivity contribution in [3.63, 3.8) is 0 Å². The zero-order chi connectivity index (χ0) is 28.8. The number of amides is 4. The Labute approximate surface area is 228 Å². The maximum absolute atomic E-state index is 12.3. The van der Waals surface area contributed by atoms with Gasteiger partial charge in [-0.15, -0.1) is 0 Å². The van der Waals surface area contributed by atoms with Crippen LogP contribution in [0.15, 0.2) is 60.7 Å². The van der Waals surface area contributed by atoms with Crippen molar-refractivity contribution in [1.82, 2.24) is 21.3 Å². The molecule has 11 heteroatoms. The van der Waals surface area contributed by atoms with Gasteiger partial charge in [0.05, 0.1) is 13.7 Å². The molecule has 0 bridgehead atoms. The van der Waals surface area contributed by atoms with Crippen molar-refractivity contribution in [2.45, 2.75) is 51.3 Å². The third-order valence-electron chi connectivity index (χ3n) is 5.28. The number of carbonyl (C=O) groups excluding carboxylic acids is 5. The summed E-state index contributed by atoms with van der Waals surface area (Å²) in [5.41, 5.74) is 1.23. The molecule has 2 atom stereocenters. The lowest BCUT2D eigenvalue weighted by atomic mass is 10.0. The van der Waals surface area contributed by atoms with Gasteiger partial charge in [0, 0.05) is 12.8 Å². The summed E-state index contributed by atoms with van der Waals surface area (Å²) in [6, 6.07) is 17.5. The summed E-state index contributed by atoms with van der Waals surface area (Å²) < 4.78 is 9.66. The Hall–Kier alpha value is -4.41. The maximum atomic E-state index is 12.3. The second-order valence-electron chi connectivity index (χ2n) is 9.71. The fourth-order valence-electron chi connectivity index (χ4n) is 3.46. The lowest BCUT2D eigenvalue weighted by Crippen LogP contribution is -2.56. The molecule has 11 nitrogen and oxygen atoms in total. The number of esters is 1. The quantitative estimate of drug-likeness (QED) is 0.368. The fraction of sp³-hybridized carbons (Fsp3) is 0.393. The first-order valence-electron chi connectivity index (χ1n) is 12.5. The average Bonchev–Trinajstić information content (AvgIpc) is 2.89. The van der Waals surface area contributed by atoms with Crippen molar-refractivity contribution in [3.05, 3.63) is 71.8 Å². The molecule has 1 aliphatic heterocycles. The molecule has 1 fully saturated rings. The van der Waals surface area contributed by atoms with E-state index in [-0.39, 0.29) is 31.3 Å². The van der Waals surface area contributed by atoms with Gasteiger partial charge >= 0.3 is 12.1 Å². The predicted molar refractivity (Wildman–Crippen MR) is 143 cm³/mol. The van der Waals surface area contributed by atoms with Crippen molar-refractivity contribution < 1.29 is 33.4 Å². The van der Waals surface area contributed by atoms with Crippen molar-refractivity contribution in [1.29, 1.82) is 0 Å². The van der Waals surface area contributed by atoms with Gasteiger partial charge in [-0.1, -0.05) is 60.7 Å². The van der Waals surface area contributed by atoms with Crippen LogP contribution in [0.5, 0.6) is 0 Å². The fourth-order valence-corrected chi connectivity index (χ4v) is 3.46. The summed E-state index contributed by atoms with van der Waals surface area (Å²) in [5.74, 6) is -1.30. The van der Waals surface area contributed by atoms with Crippen LogP contribution in [0.25, 0.3) is 0 Å². The number of hydrogen-bond acceptors (Lipinski definition) is 7. The van der Waals surface area contributed by atoms with E-state index in [9.17, 15) is 24.0 Å². The van der Waals surface area contributed by atoms with Crippen LogP contribution in [0.3, 0.4) is 0 Å². The predicted octanol–water partition coefficient (Wildman–Crippen LogP) is 1.26. The van der Waals surface area contributed by atoms with E-state index in [1.54, 1.807) is 20.8 Å². The van der Waals surface area contributed by atoms with Crippen LogP contribution in [0.1, 0.15) is 31.9 Å². The second-order valence-corrected chi connectivity index (χ2v) is 9.71. The van der Waals surface area contributed by atoms with Gasteiger partial charge in [-0.05, 0) is 31.9 Å². The first-order chi connectivity index (χ1) is 18.5. The number of benzene rings is 2. The van der Waals surface area contributed by atoms with E-state index in [0.717, 1.165) is 11.1 Å². The SMILES string of the molecule is COC(=O)CNC(=O)C(Cc1ccccc1)NC(=O)OC(C)(C)C.O=C1CNC(=O)[C@H](Cc2ccccc2)N1. The van der Waals surface area contributed by atoms with Crippen LogP contribution >= 0.6 is 0 Å². The molecule has 2 aromatic carbocycles. The van der Waals surface area contributed by atoms with E-state index in [2.05, 4.69) is 26.0 Å². The molecular formula is C28H36N4O7. The van der Waals surface area contributed by atoms with E-state index in [1.807, 2.05) is 60.7 Å². The molecule has 0 aliphatic carbocycles. The minimum Gasteiger partial charge on any atom is -0.468 e. The zero-order valence-corrected chi connectivity index (χ0v) is 22.6. The molecule has 0 saturated carbocycles. The molecule has 1 heterocycles. The topological polar surface area (TPSA) is 152 Å². The number of carbonyl (C=O) groups is 5. The molecule has 210 valence electrons. The van der Waals surface area contributed by atoms with Gasteiger partial charge in [-0.3, -0.25) is 19.2 Å². The van der Waals surface area contributed by atoms with Crippen LogP contribution in [-0.4, -0.2) is 67.7 Å². The van der Waals surface area contributed by atoms with Crippen molar-refractivity contribution in [3.8, 4) is 0 Å². The Balaban J connectivity index is 0.000000302. The molecule has 4 N–H and O–H groups in total. The Morgan fingerprint density at radius 3 is 2.13 bits per heavy atom. The van der Waals surface area contributed by atoms with Crippen LogP contribution < -0.4 is 21.3 Å². The molecule has 0 aromatic heterocycles. The third-order valence-corrected chi connectivity index (χ3v) is 5.28. The molecule has 2 aromatic rings. The summed E-state index contributed by atoms with van der Waals surface area (Å²) in [7, 11) is 1.23. The van der Waals surface area contributed by atoms with Gasteiger partial charge in [-0.2, -0.15) is 0 Å². The van der Waals surface area contributed by atoms with Gasteiger partial charge in [0.1, 0.15) is 24.2 Å². The van der Waals surface area contributed by atoms with Crippen LogP contribution in [0.2, 0.25) is 0 Å². The van der Waals surface area contributed by atoms with E-state index in [4.69, 9.17) is 4.74 Å². The molecule has 4 amide bonds. The lowest BCUT2D eigenvalue weighted by molar-refractivity contribution is -0.141. The number of rotatable bonds is 8. The normalized spacial score (nSPS) is 15.3. The lowest BCUT2D eigenvalue weighted by Gasteiger charge is -2.23. The molecule has 1 saturated heterocycles. The zero-order valence-electron chi connectivity index (χ0n) is 22.6. The average molecular weight is 541 g/mol. The van der Waals surface area contributed by atoms with Gasteiger partial charge in [-0.25, -0.2) is 4.79 Å². The van der Waals surface area contributed by atoms with Crippen LogP contribution in [0.4, 0.5) is 4.79 Å². The molecule has 0 spiro atoms. The molecule has 0 radical (unpaired) electrons. The molecule has 3 rings (SSSR count). The Bertz CT molecular complexity index is 1120. The molecule has 1 unspecified atom stereocenters. The Morgan fingerprint density at radius 1 is 0.974 bits per heavy atom. The highest BCUT2D eigenvalue weighted by molar-refractivity contribution is 5.94. The van der Waals surface area contributed by atoms with Crippen molar-refractivity contribution >= 4 is 29.8 Å². The van der Waals surface area contributed by atoms with Gasteiger partial charge in [0.25, 0.3) is 0 Å². The summed E-state index contributed by atoms with van der Waals surface area (Å²) >= 11 is 0. The number of nitrogens with one attached hydrogen (secondary N) is 4. The van der Waals surface area contributed by atoms with Gasteiger partial charge in [0.2, 0.25) is 17.7 Å². The monoisotopic (exact) mass is 540 g/mol. The first-order valence-corrected chi connectivity index (χ1v) is 12.5. The Morgan fingerprint density at radius 2 is 1.56 bits per heavy atom. The van der Waals surface area contributed by atoms with Crippen LogP contribution in [0, 0.1) is 0 Å². The first kappa shape index (κ1) is 30.8. The standard InChI is InChI=1S/C17H24N2O5.C11H12N2O2/c1-17(2,3)24-16(22)19-13(10-12-8-6-5-7-9-12)15(21)18-11-14(20)23-4;14-10-7-12-11(15)9(13-10)6-8-4-2-1-3-5-8/h5-9,13H,10-11H2,1-4H3,(H,18,21)(H,19,22);1-5,9H,6-7H2,(H,12,15)(H,13,14)/t;9-/m.0/s1. The van der Waals surface area contributed by atoms with Gasteiger partial charge in [0.15, 0.2) is 0 Å². The minimum atomic E-state index is -0.869. The minimum absolute atomic E-state index is 0.0874. The number of alkyl carbamates (subject to hydrolysis) is 1. The third kappa shape index (κ3) is 12.1. The summed E-state index contributed by atoms with van der Waals surface area (Å²) in [6.45, 7) is 5.02. The number of ether oxygens (including phenoxy) is 2. The molecule has 1 aliphatic rings. The summed E-state index contributed by atoms with van der Waals surface area (Å²) in [6.07, 6.45) is 0.113. The van der Waals surface area contributed by atoms with E-state index in [0.29, 0.717) is 6.42 Å². The molecular weight excluding hydrogens is 504 g/mol. The van der Waals surface area contributed by atoms with E-state index >= 15 is 0 Å². The Kier molecular flexibility index (Phi) is 11.9. The smallest absolute Gasteiger partial charge is 0.408 e. The highest BCUT2D eigenvalue weighted by Gasteiger charge is 2.26. The van der Waals surface area contributed by atoms with Gasteiger partial charge < -0.3 is 30.7 Å². The second kappa shape index (κ2) is 15.1. The summed E-state index contributed by atoms with van der Waals surface area (Å²) in [5, 5.41) is 10.2. The summed E-state index contributed by atoms with van der Waals surface area (Å²) in [4.78, 5) is 57.9. The largest absolute Gasteiger partial charge is 0.468 e. The molecule has 39 heavy (non-hydrogen) atoms. The van der Waals surface area contributed by atoms with Crippen molar-refractivity contribution in [2.24, 2.45) is 0 Å². The number of methoxy groups -OCH3 is 1. The highest BCUT2D eigenvalue weighted by Crippen LogP contribution is 2.09. The number of piperazine rings is 1.